The van der Waals surface area contributed by atoms with Gasteiger partial charge in [0, 0.05) is 23.8 Å². The van der Waals surface area contributed by atoms with E-state index in [1.165, 1.54) is 6.07 Å². The molecule has 1 aromatic carbocycles. The Morgan fingerprint density at radius 3 is 2.47 bits per heavy atom. The first kappa shape index (κ1) is 14.3. The summed E-state index contributed by atoms with van der Waals surface area (Å²) in [5.74, 6) is 0.0803. The van der Waals surface area contributed by atoms with Gasteiger partial charge in [-0.05, 0) is 52.9 Å². The van der Waals surface area contributed by atoms with E-state index in [1.807, 2.05) is 20.9 Å². The molecule has 0 aliphatic heterocycles. The monoisotopic (exact) mass is 324 g/mol. The summed E-state index contributed by atoms with van der Waals surface area (Å²) in [6, 6.07) is 1.52. The van der Waals surface area contributed by atoms with Gasteiger partial charge in [-0.2, -0.15) is 0 Å². The van der Waals surface area contributed by atoms with Gasteiger partial charge in [0.1, 0.15) is 5.82 Å². The van der Waals surface area contributed by atoms with Gasteiger partial charge in [0.15, 0.2) is 0 Å². The second kappa shape index (κ2) is 5.08. The van der Waals surface area contributed by atoms with Crippen LogP contribution in [0.2, 0.25) is 0 Å². The van der Waals surface area contributed by atoms with Crippen LogP contribution in [0.3, 0.4) is 0 Å². The molecule has 1 heterocycles. The van der Waals surface area contributed by atoms with Gasteiger partial charge >= 0.3 is 0 Å². The Bertz CT molecular complexity index is 651. The Balaban J connectivity index is 3.04. The minimum atomic E-state index is -0.248. The quantitative estimate of drug-likeness (QED) is 0.848. The van der Waals surface area contributed by atoms with E-state index in [0.29, 0.717) is 10.4 Å². The van der Waals surface area contributed by atoms with Gasteiger partial charge < -0.3 is 5.32 Å². The second-order valence-corrected chi connectivity index (χ2v) is 5.90. The molecule has 0 saturated carbocycles. The number of rotatable bonds is 2. The molecule has 0 spiro atoms. The molecule has 102 valence electrons. The zero-order valence-electron chi connectivity index (χ0n) is 11.9. The summed E-state index contributed by atoms with van der Waals surface area (Å²) in [5, 5.41) is 4.05. The highest BCUT2D eigenvalue weighted by Gasteiger charge is 2.19. The van der Waals surface area contributed by atoms with Gasteiger partial charge in [-0.1, -0.05) is 13.8 Å². The number of halogens is 2. The van der Waals surface area contributed by atoms with Crippen LogP contribution in [0, 0.1) is 19.7 Å². The number of nitrogens with zero attached hydrogens (tertiary/aromatic N) is 1. The lowest BCUT2D eigenvalue weighted by molar-refractivity contribution is 0.622. The van der Waals surface area contributed by atoms with E-state index in [-0.39, 0.29) is 5.82 Å². The molecule has 2 nitrogen and oxygen atoms in total. The van der Waals surface area contributed by atoms with Crippen LogP contribution in [0.5, 0.6) is 0 Å². The van der Waals surface area contributed by atoms with Crippen molar-refractivity contribution in [3.05, 3.63) is 33.2 Å². The van der Waals surface area contributed by atoms with Crippen molar-refractivity contribution >= 4 is 32.5 Å². The molecule has 19 heavy (non-hydrogen) atoms. The number of hydrogen-bond donors (Lipinski definition) is 1. The predicted octanol–water partition coefficient (Wildman–Crippen LogP) is 4.92. The maximum atomic E-state index is 14.0. The molecule has 0 amide bonds. The molecule has 2 rings (SSSR count). The van der Waals surface area contributed by atoms with E-state index in [0.717, 1.165) is 33.4 Å². The Hall–Kier alpha value is -1.16. The standard InChI is InChI=1S/C15H18BrFN2/c1-7(2)11-9(4)19-14-8(3)6-10(17)13(16)12(14)15(11)18-5/h6-7H,1-5H3,(H,18,19). The van der Waals surface area contributed by atoms with Crippen molar-refractivity contribution in [2.75, 3.05) is 12.4 Å². The van der Waals surface area contributed by atoms with Crippen molar-refractivity contribution in [3.8, 4) is 0 Å². The highest BCUT2D eigenvalue weighted by Crippen LogP contribution is 2.39. The molecule has 0 fully saturated rings. The topological polar surface area (TPSA) is 24.9 Å². The third-order valence-corrected chi connectivity index (χ3v) is 4.17. The normalized spacial score (nSPS) is 11.4. The van der Waals surface area contributed by atoms with Crippen LogP contribution < -0.4 is 5.32 Å². The number of anilines is 1. The Morgan fingerprint density at radius 2 is 1.95 bits per heavy atom. The summed E-state index contributed by atoms with van der Waals surface area (Å²) in [4.78, 5) is 4.67. The highest BCUT2D eigenvalue weighted by molar-refractivity contribution is 9.10. The molecule has 0 aliphatic carbocycles. The molecule has 4 heteroatoms. The zero-order valence-corrected chi connectivity index (χ0v) is 13.4. The minimum Gasteiger partial charge on any atom is -0.387 e. The maximum absolute atomic E-state index is 14.0. The van der Waals surface area contributed by atoms with E-state index in [4.69, 9.17) is 0 Å². The number of aromatic nitrogens is 1. The van der Waals surface area contributed by atoms with Gasteiger partial charge in [0.25, 0.3) is 0 Å². The first-order valence-corrected chi connectivity index (χ1v) is 7.14. The van der Waals surface area contributed by atoms with Crippen LogP contribution in [0.25, 0.3) is 10.9 Å². The van der Waals surface area contributed by atoms with Gasteiger partial charge in [-0.25, -0.2) is 4.39 Å². The smallest absolute Gasteiger partial charge is 0.138 e. The van der Waals surface area contributed by atoms with E-state index in [9.17, 15) is 4.39 Å². The lowest BCUT2D eigenvalue weighted by atomic mass is 9.95. The third kappa shape index (κ3) is 2.22. The molecule has 0 unspecified atom stereocenters. The molecule has 0 radical (unpaired) electrons. The molecule has 0 aliphatic rings. The first-order valence-electron chi connectivity index (χ1n) is 6.35. The van der Waals surface area contributed by atoms with Crippen LogP contribution in [-0.4, -0.2) is 12.0 Å². The van der Waals surface area contributed by atoms with Crippen LogP contribution in [-0.2, 0) is 0 Å². The van der Waals surface area contributed by atoms with Crippen LogP contribution >= 0.6 is 15.9 Å². The molecule has 1 N–H and O–H groups in total. The first-order chi connectivity index (χ1) is 8.88. The summed E-state index contributed by atoms with van der Waals surface area (Å²) in [7, 11) is 1.87. The average molecular weight is 325 g/mol. The van der Waals surface area contributed by atoms with E-state index < -0.39 is 0 Å². The van der Waals surface area contributed by atoms with Crippen LogP contribution in [0.4, 0.5) is 10.1 Å². The fraction of sp³-hybridized carbons (Fsp3) is 0.400. The number of pyridine rings is 1. The summed E-state index contributed by atoms with van der Waals surface area (Å²) >= 11 is 3.36. The largest absolute Gasteiger partial charge is 0.387 e. The van der Waals surface area contributed by atoms with Gasteiger partial charge in [0.2, 0.25) is 0 Å². The van der Waals surface area contributed by atoms with Crippen molar-refractivity contribution in [1.29, 1.82) is 0 Å². The minimum absolute atomic E-state index is 0.248. The molecule has 0 saturated heterocycles. The lowest BCUT2D eigenvalue weighted by Crippen LogP contribution is -2.05. The molecule has 0 atom stereocenters. The van der Waals surface area contributed by atoms with Crippen molar-refractivity contribution < 1.29 is 4.39 Å². The number of aryl methyl sites for hydroxylation is 2. The fourth-order valence-corrected chi connectivity index (χ4v) is 3.12. The maximum Gasteiger partial charge on any atom is 0.138 e. The molecular weight excluding hydrogens is 307 g/mol. The number of fused-ring (bicyclic) bond motifs is 1. The van der Waals surface area contributed by atoms with E-state index in [1.54, 1.807) is 0 Å². The van der Waals surface area contributed by atoms with Gasteiger partial charge in [-0.3, -0.25) is 4.98 Å². The van der Waals surface area contributed by atoms with Crippen molar-refractivity contribution in [2.45, 2.75) is 33.6 Å². The summed E-state index contributed by atoms with van der Waals surface area (Å²) < 4.78 is 14.4. The number of nitrogens with one attached hydrogen (secondary N) is 1. The Kier molecular flexibility index (Phi) is 3.81. The second-order valence-electron chi connectivity index (χ2n) is 5.10. The Labute approximate surface area is 121 Å². The predicted molar refractivity (Wildman–Crippen MR) is 82.5 cm³/mol. The highest BCUT2D eigenvalue weighted by atomic mass is 79.9. The molecule has 0 bridgehead atoms. The van der Waals surface area contributed by atoms with Crippen molar-refractivity contribution in [1.82, 2.24) is 4.98 Å². The summed E-state index contributed by atoms with van der Waals surface area (Å²) in [5.41, 5.74) is 4.80. The molecule has 2 aromatic rings. The molecule has 1 aromatic heterocycles. The van der Waals surface area contributed by atoms with Gasteiger partial charge in [0.05, 0.1) is 9.99 Å². The van der Waals surface area contributed by atoms with Gasteiger partial charge in [-0.15, -0.1) is 0 Å². The summed E-state index contributed by atoms with van der Waals surface area (Å²) in [6.45, 7) is 8.14. The zero-order chi connectivity index (χ0) is 14.3. The van der Waals surface area contributed by atoms with Crippen molar-refractivity contribution in [3.63, 3.8) is 0 Å². The number of benzene rings is 1. The summed E-state index contributed by atoms with van der Waals surface area (Å²) in [6.07, 6.45) is 0. The number of hydrogen-bond acceptors (Lipinski definition) is 2. The van der Waals surface area contributed by atoms with Crippen LogP contribution in [0.15, 0.2) is 10.5 Å². The van der Waals surface area contributed by atoms with E-state index >= 15 is 0 Å². The van der Waals surface area contributed by atoms with Crippen LogP contribution in [0.1, 0.15) is 36.6 Å². The lowest BCUT2D eigenvalue weighted by Gasteiger charge is -2.19. The average Bonchev–Trinajstić information content (AvgIpc) is 2.34. The molecular formula is C15H18BrFN2. The fourth-order valence-electron chi connectivity index (χ4n) is 2.62. The third-order valence-electron chi connectivity index (χ3n) is 3.40. The van der Waals surface area contributed by atoms with Crippen molar-refractivity contribution in [2.24, 2.45) is 0 Å². The SMILES string of the molecule is CNc1c(C(C)C)c(C)nc2c(C)cc(F)c(Br)c12. The van der Waals surface area contributed by atoms with E-state index in [2.05, 4.69) is 40.1 Å². The Morgan fingerprint density at radius 1 is 1.32 bits per heavy atom.